The van der Waals surface area contributed by atoms with Crippen LogP contribution in [-0.4, -0.2) is 11.2 Å². The molecule has 106 valence electrons. The highest BCUT2D eigenvalue weighted by atomic mass is 16.5. The summed E-state index contributed by atoms with van der Waals surface area (Å²) < 4.78 is 7.43. The number of rotatable bonds is 6. The summed E-state index contributed by atoms with van der Waals surface area (Å²) in [5, 5.41) is 0. The standard InChI is InChI=1S/C17H21NO2/c1-14-7-9-16(10-8-14)20-13-4-3-11-18-12-5-6-15(2)17(18)19/h5-10,12H,3-4,11,13H2,1-2H3. The average Bonchev–Trinajstić information content (AvgIpc) is 2.45. The van der Waals surface area contributed by atoms with Crippen molar-refractivity contribution in [2.45, 2.75) is 33.2 Å². The second-order valence-corrected chi connectivity index (χ2v) is 5.06. The molecule has 0 saturated heterocycles. The summed E-state index contributed by atoms with van der Waals surface area (Å²) in [7, 11) is 0. The zero-order valence-corrected chi connectivity index (χ0v) is 12.1. The smallest absolute Gasteiger partial charge is 0.253 e. The van der Waals surface area contributed by atoms with E-state index in [1.165, 1.54) is 5.56 Å². The van der Waals surface area contributed by atoms with Gasteiger partial charge in [0, 0.05) is 18.3 Å². The van der Waals surface area contributed by atoms with Gasteiger partial charge in [-0.1, -0.05) is 23.8 Å². The van der Waals surface area contributed by atoms with Crippen molar-refractivity contribution in [3.05, 3.63) is 64.1 Å². The van der Waals surface area contributed by atoms with Crippen LogP contribution >= 0.6 is 0 Å². The minimum absolute atomic E-state index is 0.104. The molecule has 1 heterocycles. The number of benzene rings is 1. The summed E-state index contributed by atoms with van der Waals surface area (Å²) in [4.78, 5) is 11.8. The molecule has 2 rings (SSSR count). The van der Waals surface area contributed by atoms with Gasteiger partial charge in [-0.2, -0.15) is 0 Å². The molecule has 0 fully saturated rings. The molecule has 3 heteroatoms. The summed E-state index contributed by atoms with van der Waals surface area (Å²) >= 11 is 0. The Balaban J connectivity index is 1.73. The van der Waals surface area contributed by atoms with Crippen molar-refractivity contribution in [1.82, 2.24) is 4.57 Å². The Bertz CT molecular complexity index is 599. The lowest BCUT2D eigenvalue weighted by Gasteiger charge is -2.08. The number of hydrogen-bond acceptors (Lipinski definition) is 2. The lowest BCUT2D eigenvalue weighted by atomic mass is 10.2. The second kappa shape index (κ2) is 6.94. The molecule has 0 radical (unpaired) electrons. The number of unbranched alkanes of at least 4 members (excludes halogenated alkanes) is 1. The Kier molecular flexibility index (Phi) is 4.99. The highest BCUT2D eigenvalue weighted by molar-refractivity contribution is 5.26. The fourth-order valence-corrected chi connectivity index (χ4v) is 2.04. The maximum atomic E-state index is 11.8. The molecule has 1 aromatic heterocycles. The van der Waals surface area contributed by atoms with Gasteiger partial charge >= 0.3 is 0 Å². The van der Waals surface area contributed by atoms with Crippen LogP contribution < -0.4 is 10.3 Å². The van der Waals surface area contributed by atoms with E-state index in [9.17, 15) is 4.79 Å². The van der Waals surface area contributed by atoms with Crippen LogP contribution in [0.2, 0.25) is 0 Å². The Morgan fingerprint density at radius 3 is 2.55 bits per heavy atom. The molecule has 0 aliphatic heterocycles. The first kappa shape index (κ1) is 14.4. The lowest BCUT2D eigenvalue weighted by Crippen LogP contribution is -2.21. The van der Waals surface area contributed by atoms with E-state index >= 15 is 0 Å². The van der Waals surface area contributed by atoms with Crippen LogP contribution in [0.5, 0.6) is 5.75 Å². The summed E-state index contributed by atoms with van der Waals surface area (Å²) in [6.07, 6.45) is 3.72. The number of pyridine rings is 1. The van der Waals surface area contributed by atoms with E-state index in [-0.39, 0.29) is 5.56 Å². The maximum absolute atomic E-state index is 11.8. The van der Waals surface area contributed by atoms with Gasteiger partial charge in [0.25, 0.3) is 5.56 Å². The summed E-state index contributed by atoms with van der Waals surface area (Å²) in [5.74, 6) is 0.906. The Morgan fingerprint density at radius 1 is 1.05 bits per heavy atom. The Morgan fingerprint density at radius 2 is 1.80 bits per heavy atom. The van der Waals surface area contributed by atoms with E-state index in [1.807, 2.05) is 49.5 Å². The van der Waals surface area contributed by atoms with Gasteiger partial charge < -0.3 is 9.30 Å². The van der Waals surface area contributed by atoms with Gasteiger partial charge in [-0.25, -0.2) is 0 Å². The predicted octanol–water partition coefficient (Wildman–Crippen LogP) is 3.32. The summed E-state index contributed by atoms with van der Waals surface area (Å²) in [6, 6.07) is 11.8. The normalized spacial score (nSPS) is 10.5. The molecule has 0 N–H and O–H groups in total. The minimum Gasteiger partial charge on any atom is -0.494 e. The third-order valence-corrected chi connectivity index (χ3v) is 3.29. The topological polar surface area (TPSA) is 31.2 Å². The number of ether oxygens (including phenoxy) is 1. The SMILES string of the molecule is Cc1ccc(OCCCCn2cccc(C)c2=O)cc1. The summed E-state index contributed by atoms with van der Waals surface area (Å²) in [6.45, 7) is 5.34. The second-order valence-electron chi connectivity index (χ2n) is 5.06. The first-order valence-corrected chi connectivity index (χ1v) is 7.02. The van der Waals surface area contributed by atoms with E-state index in [2.05, 4.69) is 6.92 Å². The van der Waals surface area contributed by atoms with Gasteiger partial charge in [0.15, 0.2) is 0 Å². The molecule has 1 aromatic carbocycles. The molecular formula is C17H21NO2. The summed E-state index contributed by atoms with van der Waals surface area (Å²) in [5.41, 5.74) is 2.13. The zero-order chi connectivity index (χ0) is 14.4. The monoisotopic (exact) mass is 271 g/mol. The van der Waals surface area contributed by atoms with Crippen molar-refractivity contribution >= 4 is 0 Å². The van der Waals surface area contributed by atoms with Crippen LogP contribution in [0.15, 0.2) is 47.4 Å². The average molecular weight is 271 g/mol. The van der Waals surface area contributed by atoms with Gasteiger partial charge in [0.1, 0.15) is 5.75 Å². The largest absolute Gasteiger partial charge is 0.494 e. The van der Waals surface area contributed by atoms with E-state index in [1.54, 1.807) is 4.57 Å². The molecule has 2 aromatic rings. The molecule has 0 amide bonds. The number of aryl methyl sites for hydroxylation is 3. The molecule has 0 atom stereocenters. The molecule has 0 aliphatic rings. The Hall–Kier alpha value is -2.03. The number of aromatic nitrogens is 1. The lowest BCUT2D eigenvalue weighted by molar-refractivity contribution is 0.303. The highest BCUT2D eigenvalue weighted by Gasteiger charge is 1.99. The maximum Gasteiger partial charge on any atom is 0.253 e. The van der Waals surface area contributed by atoms with E-state index in [0.717, 1.165) is 30.7 Å². The van der Waals surface area contributed by atoms with Crippen LogP contribution in [-0.2, 0) is 6.54 Å². The van der Waals surface area contributed by atoms with Gasteiger partial charge in [-0.3, -0.25) is 4.79 Å². The Labute approximate surface area is 119 Å². The van der Waals surface area contributed by atoms with Gasteiger partial charge in [-0.15, -0.1) is 0 Å². The van der Waals surface area contributed by atoms with Gasteiger partial charge in [-0.05, 0) is 44.9 Å². The van der Waals surface area contributed by atoms with Crippen molar-refractivity contribution in [3.63, 3.8) is 0 Å². The predicted molar refractivity (Wildman–Crippen MR) is 81.3 cm³/mol. The number of nitrogens with zero attached hydrogens (tertiary/aromatic N) is 1. The fourth-order valence-electron chi connectivity index (χ4n) is 2.04. The number of hydrogen-bond donors (Lipinski definition) is 0. The van der Waals surface area contributed by atoms with Crippen molar-refractivity contribution in [1.29, 1.82) is 0 Å². The first-order chi connectivity index (χ1) is 9.66. The van der Waals surface area contributed by atoms with Crippen LogP contribution in [0.3, 0.4) is 0 Å². The molecule has 0 aliphatic carbocycles. The van der Waals surface area contributed by atoms with Crippen LogP contribution in [0.4, 0.5) is 0 Å². The third kappa shape index (κ3) is 3.98. The van der Waals surface area contributed by atoms with Gasteiger partial charge in [0.05, 0.1) is 6.61 Å². The van der Waals surface area contributed by atoms with Crippen molar-refractivity contribution in [3.8, 4) is 5.75 Å². The van der Waals surface area contributed by atoms with Crippen LogP contribution in [0.25, 0.3) is 0 Å². The minimum atomic E-state index is 0.104. The van der Waals surface area contributed by atoms with Gasteiger partial charge in [0.2, 0.25) is 0 Å². The first-order valence-electron chi connectivity index (χ1n) is 7.02. The van der Waals surface area contributed by atoms with Crippen LogP contribution in [0, 0.1) is 13.8 Å². The zero-order valence-electron chi connectivity index (χ0n) is 12.1. The van der Waals surface area contributed by atoms with E-state index in [4.69, 9.17) is 4.74 Å². The van der Waals surface area contributed by atoms with Crippen molar-refractivity contribution in [2.24, 2.45) is 0 Å². The molecule has 3 nitrogen and oxygen atoms in total. The third-order valence-electron chi connectivity index (χ3n) is 3.29. The van der Waals surface area contributed by atoms with E-state index in [0.29, 0.717) is 6.61 Å². The van der Waals surface area contributed by atoms with Crippen molar-refractivity contribution < 1.29 is 4.74 Å². The van der Waals surface area contributed by atoms with E-state index < -0.39 is 0 Å². The van der Waals surface area contributed by atoms with Crippen LogP contribution in [0.1, 0.15) is 24.0 Å². The molecule has 0 spiro atoms. The molecule has 0 unspecified atom stereocenters. The van der Waals surface area contributed by atoms with Crippen molar-refractivity contribution in [2.75, 3.05) is 6.61 Å². The highest BCUT2D eigenvalue weighted by Crippen LogP contribution is 2.11. The molecule has 20 heavy (non-hydrogen) atoms. The molecule has 0 saturated carbocycles. The fraction of sp³-hybridized carbons (Fsp3) is 0.353. The molecular weight excluding hydrogens is 250 g/mol. The molecule has 0 bridgehead atoms. The quantitative estimate of drug-likeness (QED) is 0.755.